The molecule has 2 unspecified atom stereocenters. The molecule has 202 valence electrons. The Balaban J connectivity index is 1.90. The molecule has 3 heterocycles. The van der Waals surface area contributed by atoms with Crippen molar-refractivity contribution in [3.63, 3.8) is 0 Å². The molecule has 1 aliphatic heterocycles. The SMILES string of the molecule is C=C(O/C(C)=N\N)C1CNCC(N(CC(C)C)C(=O)c2cnc(C(C)(C)C)nc2NCc2ccco2)C1. The molecule has 0 radical (unpaired) electrons. The molecule has 2 aromatic heterocycles. The molecule has 0 aromatic carbocycles. The Kier molecular flexibility index (Phi) is 9.31. The molecule has 1 aliphatic rings. The van der Waals surface area contributed by atoms with E-state index in [1.807, 2.05) is 37.8 Å². The molecule has 3 rings (SSSR count). The summed E-state index contributed by atoms with van der Waals surface area (Å²) in [5.74, 6) is 8.33. The third-order valence-corrected chi connectivity index (χ3v) is 6.21. The molecule has 4 N–H and O–H groups in total. The fourth-order valence-corrected chi connectivity index (χ4v) is 4.27. The second kappa shape index (κ2) is 12.2. The highest BCUT2D eigenvalue weighted by molar-refractivity contribution is 5.98. The van der Waals surface area contributed by atoms with Gasteiger partial charge in [-0.25, -0.2) is 9.97 Å². The lowest BCUT2D eigenvalue weighted by molar-refractivity contribution is 0.0586. The van der Waals surface area contributed by atoms with E-state index in [1.54, 1.807) is 19.4 Å². The van der Waals surface area contributed by atoms with Crippen LogP contribution in [0.15, 0.2) is 46.4 Å². The Morgan fingerprint density at radius 3 is 2.78 bits per heavy atom. The van der Waals surface area contributed by atoms with Gasteiger partial charge in [0.2, 0.25) is 5.90 Å². The van der Waals surface area contributed by atoms with E-state index < -0.39 is 0 Å². The zero-order chi connectivity index (χ0) is 27.2. The molecule has 1 fully saturated rings. The average molecular weight is 512 g/mol. The number of rotatable bonds is 9. The van der Waals surface area contributed by atoms with Crippen LogP contribution < -0.4 is 16.5 Å². The summed E-state index contributed by atoms with van der Waals surface area (Å²) in [6, 6.07) is 3.65. The van der Waals surface area contributed by atoms with Crippen LogP contribution in [0.1, 0.15) is 69.9 Å². The molecule has 0 saturated carbocycles. The third-order valence-electron chi connectivity index (χ3n) is 6.21. The first-order valence-electron chi connectivity index (χ1n) is 12.8. The van der Waals surface area contributed by atoms with E-state index in [0.717, 1.165) is 5.76 Å². The Morgan fingerprint density at radius 2 is 2.16 bits per heavy atom. The largest absolute Gasteiger partial charge is 0.467 e. The smallest absolute Gasteiger partial charge is 0.259 e. The van der Waals surface area contributed by atoms with Gasteiger partial charge >= 0.3 is 0 Å². The molecule has 10 heteroatoms. The summed E-state index contributed by atoms with van der Waals surface area (Å²) in [5.41, 5.74) is 0.162. The summed E-state index contributed by atoms with van der Waals surface area (Å²) in [6.45, 7) is 18.5. The number of aromatic nitrogens is 2. The van der Waals surface area contributed by atoms with Gasteiger partial charge in [0, 0.05) is 50.1 Å². The molecule has 10 nitrogen and oxygen atoms in total. The normalized spacial score (nSPS) is 18.5. The standard InChI is InChI=1S/C27H41N7O3/c1-17(2)16-34(21-11-20(12-29-13-21)18(3)37-19(4)33-28)25(35)23-15-31-26(27(5,6)7)32-24(23)30-14-22-9-8-10-36-22/h8-10,15,17,20-21,29H,3,11-14,16,28H2,1-2,4-7H3,(H,30,31,32)/b33-19-. The van der Waals surface area contributed by atoms with E-state index in [0.29, 0.717) is 61.5 Å². The van der Waals surface area contributed by atoms with Gasteiger partial charge in [-0.3, -0.25) is 4.79 Å². The van der Waals surface area contributed by atoms with E-state index in [9.17, 15) is 4.79 Å². The zero-order valence-electron chi connectivity index (χ0n) is 22.9. The predicted molar refractivity (Wildman–Crippen MR) is 145 cm³/mol. The molecule has 1 saturated heterocycles. The maximum atomic E-state index is 14.1. The summed E-state index contributed by atoms with van der Waals surface area (Å²) >= 11 is 0. The predicted octanol–water partition coefficient (Wildman–Crippen LogP) is 3.88. The maximum Gasteiger partial charge on any atom is 0.259 e. The van der Waals surface area contributed by atoms with Crippen molar-refractivity contribution in [1.82, 2.24) is 20.2 Å². The number of piperidine rings is 1. The molecular weight excluding hydrogens is 470 g/mol. The van der Waals surface area contributed by atoms with Gasteiger partial charge in [0.15, 0.2) is 0 Å². The molecule has 0 spiro atoms. The summed E-state index contributed by atoms with van der Waals surface area (Å²) in [4.78, 5) is 25.4. The number of amides is 1. The second-order valence-electron chi connectivity index (χ2n) is 11.0. The van der Waals surface area contributed by atoms with Crippen molar-refractivity contribution < 1.29 is 13.9 Å². The summed E-state index contributed by atoms with van der Waals surface area (Å²) in [7, 11) is 0. The van der Waals surface area contributed by atoms with Gasteiger partial charge in [-0.2, -0.15) is 0 Å². The number of furan rings is 1. The van der Waals surface area contributed by atoms with E-state index in [-0.39, 0.29) is 29.2 Å². The number of carbonyl (C=O) groups excluding carboxylic acids is 1. The number of hydrogen-bond donors (Lipinski definition) is 3. The molecule has 2 aromatic rings. The van der Waals surface area contributed by atoms with Crippen LogP contribution in [0.4, 0.5) is 5.82 Å². The maximum absolute atomic E-state index is 14.1. The third kappa shape index (κ3) is 7.55. The highest BCUT2D eigenvalue weighted by Gasteiger charge is 2.34. The quantitative estimate of drug-likeness (QED) is 0.152. The van der Waals surface area contributed by atoms with Crippen LogP contribution in [0, 0.1) is 11.8 Å². The number of nitrogens with zero attached hydrogens (tertiary/aromatic N) is 4. The number of ether oxygens (including phenoxy) is 1. The second-order valence-corrected chi connectivity index (χ2v) is 11.0. The van der Waals surface area contributed by atoms with Gasteiger partial charge in [0.25, 0.3) is 5.91 Å². The molecule has 0 aliphatic carbocycles. The summed E-state index contributed by atoms with van der Waals surface area (Å²) < 4.78 is 11.1. The van der Waals surface area contributed by atoms with Crippen molar-refractivity contribution in [2.45, 2.75) is 66.0 Å². The number of hydrogen-bond acceptors (Lipinski definition) is 9. The fraction of sp³-hybridized carbons (Fsp3) is 0.556. The van der Waals surface area contributed by atoms with Crippen molar-refractivity contribution in [1.29, 1.82) is 0 Å². The minimum atomic E-state index is -0.272. The summed E-state index contributed by atoms with van der Waals surface area (Å²) in [5, 5.41) is 10.3. The Hall–Kier alpha value is -3.40. The van der Waals surface area contributed by atoms with Crippen LogP contribution in [-0.4, -0.2) is 52.3 Å². The molecule has 0 bridgehead atoms. The lowest BCUT2D eigenvalue weighted by Gasteiger charge is -2.39. The van der Waals surface area contributed by atoms with Crippen LogP contribution >= 0.6 is 0 Å². The monoisotopic (exact) mass is 511 g/mol. The van der Waals surface area contributed by atoms with E-state index in [1.165, 1.54) is 0 Å². The van der Waals surface area contributed by atoms with Gasteiger partial charge in [-0.1, -0.05) is 41.2 Å². The van der Waals surface area contributed by atoms with Crippen molar-refractivity contribution in [2.75, 3.05) is 25.0 Å². The number of nitrogens with one attached hydrogen (secondary N) is 2. The Labute approximate surface area is 219 Å². The minimum absolute atomic E-state index is 0.00831. The first kappa shape index (κ1) is 28.2. The van der Waals surface area contributed by atoms with Crippen LogP contribution in [0.5, 0.6) is 0 Å². The minimum Gasteiger partial charge on any atom is -0.467 e. The van der Waals surface area contributed by atoms with Crippen molar-refractivity contribution in [2.24, 2.45) is 22.8 Å². The van der Waals surface area contributed by atoms with Gasteiger partial charge in [-0.15, -0.1) is 5.10 Å². The first-order chi connectivity index (χ1) is 17.5. The topological polar surface area (TPSA) is 131 Å². The first-order valence-corrected chi connectivity index (χ1v) is 12.8. The fourth-order valence-electron chi connectivity index (χ4n) is 4.27. The highest BCUT2D eigenvalue weighted by Crippen LogP contribution is 2.27. The van der Waals surface area contributed by atoms with Gasteiger partial charge in [0.05, 0.1) is 12.8 Å². The van der Waals surface area contributed by atoms with Crippen molar-refractivity contribution >= 4 is 17.6 Å². The Morgan fingerprint density at radius 1 is 1.41 bits per heavy atom. The van der Waals surface area contributed by atoms with Crippen molar-refractivity contribution in [3.8, 4) is 0 Å². The Bertz CT molecular complexity index is 1090. The van der Waals surface area contributed by atoms with E-state index >= 15 is 0 Å². The van der Waals surface area contributed by atoms with Crippen molar-refractivity contribution in [3.05, 3.63) is 54.1 Å². The van der Waals surface area contributed by atoms with Crippen LogP contribution in [-0.2, 0) is 16.7 Å². The van der Waals surface area contributed by atoms with Gasteiger partial charge < -0.3 is 30.5 Å². The number of hydrazone groups is 1. The lowest BCUT2D eigenvalue weighted by atomic mass is 9.92. The molecular formula is C27H41N7O3. The summed E-state index contributed by atoms with van der Waals surface area (Å²) in [6.07, 6.45) is 3.97. The van der Waals surface area contributed by atoms with Crippen LogP contribution in [0.25, 0.3) is 0 Å². The van der Waals surface area contributed by atoms with E-state index in [4.69, 9.17) is 20.0 Å². The molecule has 37 heavy (non-hydrogen) atoms. The zero-order valence-corrected chi connectivity index (χ0v) is 22.9. The van der Waals surface area contributed by atoms with Crippen LogP contribution in [0.2, 0.25) is 0 Å². The van der Waals surface area contributed by atoms with Gasteiger partial charge in [0.1, 0.15) is 28.7 Å². The van der Waals surface area contributed by atoms with Gasteiger partial charge in [-0.05, 0) is 24.5 Å². The van der Waals surface area contributed by atoms with E-state index in [2.05, 4.69) is 41.1 Å². The number of nitrogens with two attached hydrogens (primary N) is 1. The van der Waals surface area contributed by atoms with Crippen LogP contribution in [0.3, 0.4) is 0 Å². The molecule has 1 amide bonds. The number of anilines is 1. The average Bonchev–Trinajstić information content (AvgIpc) is 3.38. The number of carbonyl (C=O) groups is 1. The lowest BCUT2D eigenvalue weighted by Crippen LogP contribution is -2.52. The highest BCUT2D eigenvalue weighted by atomic mass is 16.5. The molecule has 2 atom stereocenters.